The summed E-state index contributed by atoms with van der Waals surface area (Å²) in [6.45, 7) is 3.11. The molecule has 2 saturated heterocycles. The number of nitrogens with one attached hydrogen (secondary N) is 1. The number of aromatic nitrogens is 1. The van der Waals surface area contributed by atoms with Crippen molar-refractivity contribution in [1.82, 2.24) is 15.2 Å². The maximum absolute atomic E-state index is 12.7. The molecule has 3 N–H and O–H groups in total. The van der Waals surface area contributed by atoms with Crippen LogP contribution in [0.3, 0.4) is 0 Å². The second kappa shape index (κ2) is 7.00. The number of aliphatic hydroxyl groups is 1. The average Bonchev–Trinajstić information content (AvgIpc) is 3.52. The fraction of sp³-hybridized carbons (Fsp3) is 0.650. The molecule has 8 nitrogen and oxygen atoms in total. The first-order valence-electron chi connectivity index (χ1n) is 9.92. The molecule has 0 unspecified atom stereocenters. The summed E-state index contributed by atoms with van der Waals surface area (Å²) >= 11 is 0. The van der Waals surface area contributed by atoms with Gasteiger partial charge >= 0.3 is 0 Å². The summed E-state index contributed by atoms with van der Waals surface area (Å²) < 4.78 is 6.03. The van der Waals surface area contributed by atoms with Crippen molar-refractivity contribution in [2.75, 3.05) is 19.7 Å². The Hall–Kier alpha value is -2.19. The van der Waals surface area contributed by atoms with Gasteiger partial charge in [0.1, 0.15) is 11.9 Å². The molecule has 1 spiro atoms. The second-order valence-electron chi connectivity index (χ2n) is 8.41. The van der Waals surface area contributed by atoms with Gasteiger partial charge in [-0.1, -0.05) is 0 Å². The summed E-state index contributed by atoms with van der Waals surface area (Å²) in [5.41, 5.74) is -1.49. The predicted molar refractivity (Wildman–Crippen MR) is 99.6 cm³/mol. The van der Waals surface area contributed by atoms with Gasteiger partial charge in [-0.15, -0.1) is 0 Å². The van der Waals surface area contributed by atoms with E-state index in [-0.39, 0.29) is 29.2 Å². The van der Waals surface area contributed by atoms with Crippen LogP contribution in [0.2, 0.25) is 0 Å². The number of aliphatic hydroxyl groups excluding tert-OH is 1. The number of pyridine rings is 1. The lowest BCUT2D eigenvalue weighted by Gasteiger charge is -2.53. The minimum Gasteiger partial charge on any atom is -0.505 e. The average molecular weight is 389 g/mol. The van der Waals surface area contributed by atoms with Crippen molar-refractivity contribution in [3.63, 3.8) is 0 Å². The monoisotopic (exact) mass is 389 g/mol. The van der Waals surface area contributed by atoms with E-state index in [2.05, 4.69) is 10.3 Å². The van der Waals surface area contributed by atoms with Crippen molar-refractivity contribution in [2.45, 2.75) is 56.3 Å². The number of piperidine rings is 1. The van der Waals surface area contributed by atoms with Crippen molar-refractivity contribution in [3.8, 4) is 5.75 Å². The Morgan fingerprint density at radius 2 is 2.00 bits per heavy atom. The highest BCUT2D eigenvalue weighted by Gasteiger charge is 2.54. The third-order valence-corrected chi connectivity index (χ3v) is 6.36. The number of rotatable bonds is 3. The molecule has 28 heavy (non-hydrogen) atoms. The normalized spacial score (nSPS) is 29.5. The number of likely N-dealkylation sites (tertiary alicyclic amines) is 1. The molecule has 0 aromatic carbocycles. The number of amides is 2. The molecule has 0 radical (unpaired) electrons. The minimum atomic E-state index is -0.850. The summed E-state index contributed by atoms with van der Waals surface area (Å²) in [5.74, 6) is -0.384. The number of hydrogen-bond donors (Lipinski definition) is 3. The molecule has 0 bridgehead atoms. The first-order valence-corrected chi connectivity index (χ1v) is 9.92. The molecule has 2 aliphatic heterocycles. The predicted octanol–water partition coefficient (Wildman–Crippen LogP) is 0.828. The molecule has 3 heterocycles. The van der Waals surface area contributed by atoms with Crippen LogP contribution in [0.15, 0.2) is 18.3 Å². The Bertz CT molecular complexity index is 773. The molecule has 2 amide bonds. The highest BCUT2D eigenvalue weighted by molar-refractivity contribution is 5.94. The summed E-state index contributed by atoms with van der Waals surface area (Å²) in [4.78, 5) is 30.6. The lowest BCUT2D eigenvalue weighted by molar-refractivity contribution is -0.205. The van der Waals surface area contributed by atoms with Crippen molar-refractivity contribution in [2.24, 2.45) is 5.92 Å². The van der Waals surface area contributed by atoms with Gasteiger partial charge < -0.3 is 25.2 Å². The fourth-order valence-electron chi connectivity index (χ4n) is 4.34. The molecule has 1 aliphatic carbocycles. The van der Waals surface area contributed by atoms with E-state index in [0.29, 0.717) is 39.0 Å². The SMILES string of the molecule is C[C@]1(NC(=O)C2CC2)CCOC2(CCN(C(=O)c3ncccc3O)CC2)[C@@H]1O. The lowest BCUT2D eigenvalue weighted by atomic mass is 9.73. The molecule has 4 rings (SSSR count). The summed E-state index contributed by atoms with van der Waals surface area (Å²) in [7, 11) is 0. The molecule has 3 aliphatic rings. The van der Waals surface area contributed by atoms with E-state index < -0.39 is 17.2 Å². The third-order valence-electron chi connectivity index (χ3n) is 6.36. The van der Waals surface area contributed by atoms with Crippen LogP contribution in [0.4, 0.5) is 0 Å². The number of carbonyl (C=O) groups excluding carboxylic acids is 2. The Morgan fingerprint density at radius 1 is 1.29 bits per heavy atom. The van der Waals surface area contributed by atoms with Crippen LogP contribution in [0.25, 0.3) is 0 Å². The van der Waals surface area contributed by atoms with Crippen molar-refractivity contribution < 1.29 is 24.5 Å². The smallest absolute Gasteiger partial charge is 0.276 e. The van der Waals surface area contributed by atoms with Gasteiger partial charge in [0.15, 0.2) is 5.69 Å². The first-order chi connectivity index (χ1) is 13.3. The van der Waals surface area contributed by atoms with Gasteiger partial charge in [-0.3, -0.25) is 9.59 Å². The maximum atomic E-state index is 12.7. The van der Waals surface area contributed by atoms with Crippen LogP contribution in [0.5, 0.6) is 5.75 Å². The van der Waals surface area contributed by atoms with Gasteiger partial charge in [-0.05, 0) is 51.2 Å². The van der Waals surface area contributed by atoms with Gasteiger partial charge in [0, 0.05) is 31.8 Å². The zero-order chi connectivity index (χ0) is 19.9. The van der Waals surface area contributed by atoms with Gasteiger partial charge in [0.2, 0.25) is 5.91 Å². The number of carbonyl (C=O) groups is 2. The highest BCUT2D eigenvalue weighted by atomic mass is 16.5. The van der Waals surface area contributed by atoms with Crippen LogP contribution in [-0.4, -0.2) is 68.9 Å². The molecule has 152 valence electrons. The second-order valence-corrected chi connectivity index (χ2v) is 8.41. The Morgan fingerprint density at radius 3 is 2.64 bits per heavy atom. The van der Waals surface area contributed by atoms with Crippen LogP contribution >= 0.6 is 0 Å². The van der Waals surface area contributed by atoms with Gasteiger partial charge in [-0.25, -0.2) is 4.98 Å². The zero-order valence-electron chi connectivity index (χ0n) is 16.1. The van der Waals surface area contributed by atoms with E-state index in [4.69, 9.17) is 4.74 Å². The molecule has 1 aromatic heterocycles. The van der Waals surface area contributed by atoms with Gasteiger partial charge in [0.25, 0.3) is 5.91 Å². The Kier molecular flexibility index (Phi) is 4.79. The van der Waals surface area contributed by atoms with Crippen LogP contribution in [-0.2, 0) is 9.53 Å². The quantitative estimate of drug-likeness (QED) is 0.706. The molecular formula is C20H27N3O5. The maximum Gasteiger partial charge on any atom is 0.276 e. The van der Waals surface area contributed by atoms with Crippen molar-refractivity contribution >= 4 is 11.8 Å². The Labute approximate surface area is 163 Å². The standard InChI is InChI=1S/C20H27N3O5/c1-19(22-16(25)13-4-5-13)8-12-28-20(18(19)27)6-10-23(11-7-20)17(26)15-14(24)3-2-9-21-15/h2-3,9,13,18,24,27H,4-8,10-12H2,1H3,(H,22,25)/t18-,19+/m1/s1. The molecular weight excluding hydrogens is 362 g/mol. The van der Waals surface area contributed by atoms with Crippen molar-refractivity contribution in [1.29, 1.82) is 0 Å². The van der Waals surface area contributed by atoms with E-state index in [1.165, 1.54) is 12.3 Å². The van der Waals surface area contributed by atoms with E-state index in [0.717, 1.165) is 12.8 Å². The molecule has 8 heteroatoms. The van der Waals surface area contributed by atoms with Gasteiger partial charge in [-0.2, -0.15) is 0 Å². The Balaban J connectivity index is 1.44. The van der Waals surface area contributed by atoms with Gasteiger partial charge in [0.05, 0.1) is 11.1 Å². The number of hydrogen-bond acceptors (Lipinski definition) is 6. The van der Waals surface area contributed by atoms with Crippen LogP contribution in [0, 0.1) is 5.92 Å². The summed E-state index contributed by atoms with van der Waals surface area (Å²) in [6, 6.07) is 3.01. The summed E-state index contributed by atoms with van der Waals surface area (Å²) in [6.07, 6.45) is 3.93. The third kappa shape index (κ3) is 3.35. The minimum absolute atomic E-state index is 0.0110. The van der Waals surface area contributed by atoms with Crippen LogP contribution in [0.1, 0.15) is 49.5 Å². The summed E-state index contributed by atoms with van der Waals surface area (Å²) in [5, 5.41) is 24.1. The number of nitrogens with zero attached hydrogens (tertiary/aromatic N) is 2. The molecule has 1 aromatic rings. The van der Waals surface area contributed by atoms with Crippen LogP contribution < -0.4 is 5.32 Å². The van der Waals surface area contributed by atoms with E-state index in [1.807, 2.05) is 6.92 Å². The van der Waals surface area contributed by atoms with E-state index in [9.17, 15) is 19.8 Å². The molecule has 2 atom stereocenters. The highest BCUT2D eigenvalue weighted by Crippen LogP contribution is 2.41. The van der Waals surface area contributed by atoms with Crippen molar-refractivity contribution in [3.05, 3.63) is 24.0 Å². The largest absolute Gasteiger partial charge is 0.505 e. The zero-order valence-corrected chi connectivity index (χ0v) is 16.1. The topological polar surface area (TPSA) is 112 Å². The molecule has 1 saturated carbocycles. The fourth-order valence-corrected chi connectivity index (χ4v) is 4.34. The lowest BCUT2D eigenvalue weighted by Crippen LogP contribution is -2.69. The number of aromatic hydroxyl groups is 1. The molecule has 3 fully saturated rings. The van der Waals surface area contributed by atoms with E-state index in [1.54, 1.807) is 11.0 Å². The first kappa shape index (κ1) is 19.1. The van der Waals surface area contributed by atoms with E-state index >= 15 is 0 Å². The number of ether oxygens (including phenoxy) is 1.